The Morgan fingerprint density at radius 3 is 2.88 bits per heavy atom. The molecule has 0 atom stereocenters. The lowest BCUT2D eigenvalue weighted by molar-refractivity contribution is 0.0303. The summed E-state index contributed by atoms with van der Waals surface area (Å²) in [5.41, 5.74) is 0.587. The second-order valence-electron chi connectivity index (χ2n) is 3.70. The van der Waals surface area contributed by atoms with E-state index in [0.717, 1.165) is 4.47 Å². The van der Waals surface area contributed by atoms with Gasteiger partial charge >= 0.3 is 0 Å². The van der Waals surface area contributed by atoms with Crippen LogP contribution in [0.2, 0.25) is 0 Å². The molecule has 1 saturated heterocycles. The SMILES string of the molecule is CNc1ncc(Br)cc1C(=O)N1CCOCC1. The van der Waals surface area contributed by atoms with Crippen molar-refractivity contribution in [1.29, 1.82) is 0 Å². The minimum atomic E-state index is -0.00792. The first kappa shape index (κ1) is 12.3. The maximum Gasteiger partial charge on any atom is 0.257 e. The standard InChI is InChI=1S/C11H14BrN3O2/c1-13-10-9(6-8(12)7-14-10)11(16)15-2-4-17-5-3-15/h6-7H,2-5H2,1H3,(H,13,14). The number of hydrogen-bond donors (Lipinski definition) is 1. The lowest BCUT2D eigenvalue weighted by Gasteiger charge is -2.27. The number of aromatic nitrogens is 1. The van der Waals surface area contributed by atoms with Gasteiger partial charge in [0.05, 0.1) is 18.8 Å². The fourth-order valence-corrected chi connectivity index (χ4v) is 2.07. The van der Waals surface area contributed by atoms with Gasteiger partial charge in [0.2, 0.25) is 0 Å². The molecule has 1 aliphatic rings. The van der Waals surface area contributed by atoms with E-state index in [0.29, 0.717) is 37.7 Å². The Labute approximate surface area is 108 Å². The van der Waals surface area contributed by atoms with E-state index in [9.17, 15) is 4.79 Å². The summed E-state index contributed by atoms with van der Waals surface area (Å²) in [4.78, 5) is 18.3. The predicted octanol–water partition coefficient (Wildman–Crippen LogP) is 1.36. The zero-order chi connectivity index (χ0) is 12.3. The van der Waals surface area contributed by atoms with Crippen LogP contribution in [0.25, 0.3) is 0 Å². The largest absolute Gasteiger partial charge is 0.378 e. The van der Waals surface area contributed by atoms with E-state index < -0.39 is 0 Å². The van der Waals surface area contributed by atoms with Gasteiger partial charge in [-0.25, -0.2) is 4.98 Å². The van der Waals surface area contributed by atoms with Crippen LogP contribution in [-0.2, 0) is 4.74 Å². The molecule has 1 amide bonds. The van der Waals surface area contributed by atoms with Crippen LogP contribution in [0.4, 0.5) is 5.82 Å². The van der Waals surface area contributed by atoms with Gasteiger partial charge in [-0.15, -0.1) is 0 Å². The molecule has 6 heteroatoms. The van der Waals surface area contributed by atoms with Gasteiger partial charge < -0.3 is 15.0 Å². The highest BCUT2D eigenvalue weighted by Crippen LogP contribution is 2.19. The summed E-state index contributed by atoms with van der Waals surface area (Å²) in [5, 5.41) is 2.93. The fourth-order valence-electron chi connectivity index (χ4n) is 1.74. The minimum Gasteiger partial charge on any atom is -0.378 e. The third-order valence-electron chi connectivity index (χ3n) is 2.62. The Bertz CT molecular complexity index is 419. The number of amides is 1. The van der Waals surface area contributed by atoms with Crippen LogP contribution in [0.3, 0.4) is 0 Å². The molecule has 2 heterocycles. The molecular formula is C11H14BrN3O2. The summed E-state index contributed by atoms with van der Waals surface area (Å²) in [7, 11) is 1.76. The van der Waals surface area contributed by atoms with Crippen molar-refractivity contribution in [3.63, 3.8) is 0 Å². The summed E-state index contributed by atoms with van der Waals surface area (Å²) in [6, 6.07) is 1.79. The van der Waals surface area contributed by atoms with E-state index in [1.54, 1.807) is 24.2 Å². The molecule has 0 saturated carbocycles. The third kappa shape index (κ3) is 2.76. The van der Waals surface area contributed by atoms with Crippen molar-refractivity contribution < 1.29 is 9.53 Å². The van der Waals surface area contributed by atoms with Crippen molar-refractivity contribution in [2.75, 3.05) is 38.7 Å². The van der Waals surface area contributed by atoms with Gasteiger partial charge in [-0.1, -0.05) is 0 Å². The number of halogens is 1. The number of nitrogens with zero attached hydrogens (tertiary/aromatic N) is 2. The first-order valence-electron chi connectivity index (χ1n) is 5.42. The Kier molecular flexibility index (Phi) is 3.96. The third-order valence-corrected chi connectivity index (χ3v) is 3.05. The molecule has 92 valence electrons. The highest BCUT2D eigenvalue weighted by atomic mass is 79.9. The van der Waals surface area contributed by atoms with E-state index in [2.05, 4.69) is 26.2 Å². The lowest BCUT2D eigenvalue weighted by atomic mass is 10.2. The average Bonchev–Trinajstić information content (AvgIpc) is 2.39. The highest BCUT2D eigenvalue weighted by Gasteiger charge is 2.21. The number of carbonyl (C=O) groups excluding carboxylic acids is 1. The minimum absolute atomic E-state index is 0.00792. The van der Waals surface area contributed by atoms with Crippen LogP contribution in [-0.4, -0.2) is 49.1 Å². The number of ether oxygens (including phenoxy) is 1. The number of pyridine rings is 1. The average molecular weight is 300 g/mol. The Balaban J connectivity index is 2.25. The van der Waals surface area contributed by atoms with Crippen LogP contribution < -0.4 is 5.32 Å². The summed E-state index contributed by atoms with van der Waals surface area (Å²) in [5.74, 6) is 0.594. The van der Waals surface area contributed by atoms with Crippen LogP contribution in [0.1, 0.15) is 10.4 Å². The number of hydrogen-bond acceptors (Lipinski definition) is 4. The quantitative estimate of drug-likeness (QED) is 0.896. The molecule has 1 aliphatic heterocycles. The number of carbonyl (C=O) groups is 1. The van der Waals surface area contributed by atoms with Crippen LogP contribution >= 0.6 is 15.9 Å². The van der Waals surface area contributed by atoms with Crippen molar-refractivity contribution in [2.24, 2.45) is 0 Å². The molecule has 0 aliphatic carbocycles. The Hall–Kier alpha value is -1.14. The number of morpholine rings is 1. The molecule has 17 heavy (non-hydrogen) atoms. The van der Waals surface area contributed by atoms with E-state index in [1.807, 2.05) is 0 Å². The second-order valence-corrected chi connectivity index (χ2v) is 4.62. The molecule has 2 rings (SSSR count). The Morgan fingerprint density at radius 1 is 1.53 bits per heavy atom. The molecule has 1 N–H and O–H groups in total. The van der Waals surface area contributed by atoms with Crippen molar-refractivity contribution in [2.45, 2.75) is 0 Å². The summed E-state index contributed by atoms with van der Waals surface area (Å²) in [6.07, 6.45) is 1.67. The molecule has 0 bridgehead atoms. The van der Waals surface area contributed by atoms with Crippen molar-refractivity contribution in [3.8, 4) is 0 Å². The zero-order valence-electron chi connectivity index (χ0n) is 9.57. The zero-order valence-corrected chi connectivity index (χ0v) is 11.2. The summed E-state index contributed by atoms with van der Waals surface area (Å²) in [6.45, 7) is 2.47. The van der Waals surface area contributed by atoms with E-state index >= 15 is 0 Å². The number of rotatable bonds is 2. The highest BCUT2D eigenvalue weighted by molar-refractivity contribution is 9.10. The molecule has 0 unspecified atom stereocenters. The molecule has 0 radical (unpaired) electrons. The van der Waals surface area contributed by atoms with E-state index in [-0.39, 0.29) is 5.91 Å². The Morgan fingerprint density at radius 2 is 2.24 bits per heavy atom. The maximum absolute atomic E-state index is 12.3. The van der Waals surface area contributed by atoms with Crippen LogP contribution in [0.15, 0.2) is 16.7 Å². The smallest absolute Gasteiger partial charge is 0.257 e. The number of nitrogens with one attached hydrogen (secondary N) is 1. The molecule has 0 aromatic carbocycles. The fraction of sp³-hybridized carbons (Fsp3) is 0.455. The van der Waals surface area contributed by atoms with E-state index in [1.165, 1.54) is 0 Å². The van der Waals surface area contributed by atoms with Gasteiger partial charge in [0.25, 0.3) is 5.91 Å². The number of anilines is 1. The van der Waals surface area contributed by atoms with Gasteiger partial charge in [0, 0.05) is 30.8 Å². The van der Waals surface area contributed by atoms with Gasteiger partial charge in [0.1, 0.15) is 5.82 Å². The monoisotopic (exact) mass is 299 g/mol. The van der Waals surface area contributed by atoms with E-state index in [4.69, 9.17) is 4.74 Å². The first-order chi connectivity index (χ1) is 8.22. The molecule has 1 aromatic heterocycles. The summed E-state index contributed by atoms with van der Waals surface area (Å²) < 4.78 is 6.03. The normalized spacial score (nSPS) is 15.8. The second kappa shape index (κ2) is 5.46. The molecule has 1 aromatic rings. The van der Waals surface area contributed by atoms with Gasteiger partial charge in [-0.05, 0) is 22.0 Å². The molecule has 0 spiro atoms. The maximum atomic E-state index is 12.3. The molecular weight excluding hydrogens is 286 g/mol. The topological polar surface area (TPSA) is 54.5 Å². The van der Waals surface area contributed by atoms with Gasteiger partial charge in [-0.2, -0.15) is 0 Å². The van der Waals surface area contributed by atoms with Crippen molar-refractivity contribution >= 4 is 27.7 Å². The predicted molar refractivity (Wildman–Crippen MR) is 68.2 cm³/mol. The molecule has 1 fully saturated rings. The van der Waals surface area contributed by atoms with Gasteiger partial charge in [0.15, 0.2) is 0 Å². The van der Waals surface area contributed by atoms with Crippen molar-refractivity contribution in [1.82, 2.24) is 9.88 Å². The van der Waals surface area contributed by atoms with Gasteiger partial charge in [-0.3, -0.25) is 4.79 Å². The first-order valence-corrected chi connectivity index (χ1v) is 6.22. The summed E-state index contributed by atoms with van der Waals surface area (Å²) >= 11 is 3.33. The lowest BCUT2D eigenvalue weighted by Crippen LogP contribution is -2.41. The molecule has 5 nitrogen and oxygen atoms in total. The van der Waals surface area contributed by atoms with Crippen molar-refractivity contribution in [3.05, 3.63) is 22.3 Å². The van der Waals surface area contributed by atoms with Crippen LogP contribution in [0.5, 0.6) is 0 Å². The van der Waals surface area contributed by atoms with Crippen LogP contribution in [0, 0.1) is 0 Å².